The lowest BCUT2D eigenvalue weighted by atomic mass is 10.1. The third kappa shape index (κ3) is 1.59. The molecule has 1 aromatic carbocycles. The minimum absolute atomic E-state index is 0.948. The number of benzene rings is 1. The molecule has 0 radical (unpaired) electrons. The number of thiocarbonyl (C=S) groups is 1. The summed E-state index contributed by atoms with van der Waals surface area (Å²) >= 11 is 6.78. The van der Waals surface area contributed by atoms with Gasteiger partial charge in [0, 0.05) is 6.42 Å². The first-order valence-corrected chi connectivity index (χ1v) is 5.09. The van der Waals surface area contributed by atoms with Gasteiger partial charge in [0.2, 0.25) is 0 Å². The van der Waals surface area contributed by atoms with Crippen molar-refractivity contribution in [1.29, 1.82) is 0 Å². The molecule has 1 aliphatic rings. The number of rotatable bonds is 1. The van der Waals surface area contributed by atoms with Crippen LogP contribution in [0.3, 0.4) is 0 Å². The van der Waals surface area contributed by atoms with Crippen LogP contribution in [0.4, 0.5) is 0 Å². The molecule has 0 saturated heterocycles. The van der Waals surface area contributed by atoms with Gasteiger partial charge in [-0.1, -0.05) is 54.3 Å². The number of thioether (sulfide) groups is 1. The molecular formula is C10H8S2. The Labute approximate surface area is 81.7 Å². The second kappa shape index (κ2) is 3.42. The predicted octanol–water partition coefficient (Wildman–Crippen LogP) is 3.49. The van der Waals surface area contributed by atoms with Crippen LogP contribution >= 0.6 is 24.0 Å². The van der Waals surface area contributed by atoms with Crippen LogP contribution < -0.4 is 0 Å². The molecule has 2 rings (SSSR count). The smallest absolute Gasteiger partial charge is 0.0565 e. The van der Waals surface area contributed by atoms with Gasteiger partial charge in [-0.3, -0.25) is 0 Å². The van der Waals surface area contributed by atoms with Crippen molar-refractivity contribution in [3.8, 4) is 0 Å². The minimum atomic E-state index is 0.948. The Morgan fingerprint density at radius 3 is 2.50 bits per heavy atom. The van der Waals surface area contributed by atoms with E-state index < -0.39 is 0 Å². The summed E-state index contributed by atoms with van der Waals surface area (Å²) in [5.41, 5.74) is 2.65. The molecule has 2 heteroatoms. The van der Waals surface area contributed by atoms with Crippen LogP contribution in [0.25, 0.3) is 5.57 Å². The van der Waals surface area contributed by atoms with Gasteiger partial charge in [0.25, 0.3) is 0 Å². The van der Waals surface area contributed by atoms with Crippen LogP contribution in [0.2, 0.25) is 0 Å². The lowest BCUT2D eigenvalue weighted by molar-refractivity contribution is 1.52. The van der Waals surface area contributed by atoms with Crippen molar-refractivity contribution in [2.45, 2.75) is 6.42 Å². The van der Waals surface area contributed by atoms with E-state index in [0.717, 1.165) is 10.6 Å². The van der Waals surface area contributed by atoms with E-state index in [1.165, 1.54) is 11.1 Å². The van der Waals surface area contributed by atoms with Crippen molar-refractivity contribution in [2.24, 2.45) is 0 Å². The summed E-state index contributed by atoms with van der Waals surface area (Å²) in [7, 11) is 0. The maximum atomic E-state index is 5.11. The largest absolute Gasteiger partial charge is 0.0901 e. The fraction of sp³-hybridized carbons (Fsp3) is 0.100. The van der Waals surface area contributed by atoms with E-state index in [1.54, 1.807) is 11.8 Å². The summed E-state index contributed by atoms with van der Waals surface area (Å²) in [6.07, 6.45) is 0.948. The van der Waals surface area contributed by atoms with E-state index >= 15 is 0 Å². The number of hydrogen-bond acceptors (Lipinski definition) is 2. The van der Waals surface area contributed by atoms with Crippen molar-refractivity contribution < 1.29 is 0 Å². The Bertz CT molecular complexity index is 325. The molecule has 60 valence electrons. The molecule has 1 aromatic rings. The van der Waals surface area contributed by atoms with E-state index in [1.807, 2.05) is 6.07 Å². The lowest BCUT2D eigenvalue weighted by Gasteiger charge is -1.98. The molecule has 0 aromatic heterocycles. The number of hydrogen-bond donors (Lipinski definition) is 0. The van der Waals surface area contributed by atoms with E-state index in [2.05, 4.69) is 29.7 Å². The molecule has 0 N–H and O–H groups in total. The highest BCUT2D eigenvalue weighted by atomic mass is 32.2. The summed E-state index contributed by atoms with van der Waals surface area (Å²) in [6.45, 7) is 0. The number of allylic oxidation sites excluding steroid dienone is 1. The van der Waals surface area contributed by atoms with Gasteiger partial charge in [0.1, 0.15) is 0 Å². The van der Waals surface area contributed by atoms with Crippen LogP contribution in [0.15, 0.2) is 35.7 Å². The van der Waals surface area contributed by atoms with Crippen molar-refractivity contribution in [3.05, 3.63) is 41.3 Å². The second-order valence-electron chi connectivity index (χ2n) is 2.68. The lowest BCUT2D eigenvalue weighted by Crippen LogP contribution is -1.83. The molecule has 0 bridgehead atoms. The zero-order valence-electron chi connectivity index (χ0n) is 6.49. The van der Waals surface area contributed by atoms with Crippen molar-refractivity contribution in [3.63, 3.8) is 0 Å². The van der Waals surface area contributed by atoms with Crippen molar-refractivity contribution in [2.75, 3.05) is 0 Å². The fourth-order valence-electron chi connectivity index (χ4n) is 1.20. The molecule has 0 fully saturated rings. The highest BCUT2D eigenvalue weighted by Gasteiger charge is 2.11. The van der Waals surface area contributed by atoms with Gasteiger partial charge in [0.15, 0.2) is 0 Å². The first-order chi connectivity index (χ1) is 5.86. The Morgan fingerprint density at radius 1 is 1.17 bits per heavy atom. The Kier molecular flexibility index (Phi) is 2.28. The molecule has 0 amide bonds. The maximum absolute atomic E-state index is 5.11. The average Bonchev–Trinajstić information content (AvgIpc) is 2.54. The normalized spacial score (nSPS) is 16.3. The zero-order valence-corrected chi connectivity index (χ0v) is 8.12. The van der Waals surface area contributed by atoms with Crippen LogP contribution in [-0.2, 0) is 0 Å². The third-order valence-corrected chi connectivity index (χ3v) is 3.05. The summed E-state index contributed by atoms with van der Waals surface area (Å²) in [5.74, 6) is 0. The van der Waals surface area contributed by atoms with Gasteiger partial charge in [-0.2, -0.15) is 0 Å². The summed E-state index contributed by atoms with van der Waals surface area (Å²) < 4.78 is 1.08. The summed E-state index contributed by atoms with van der Waals surface area (Å²) in [5, 5.41) is 2.15. The van der Waals surface area contributed by atoms with E-state index in [0.29, 0.717) is 0 Å². The quantitative estimate of drug-likeness (QED) is 0.625. The van der Waals surface area contributed by atoms with E-state index in [4.69, 9.17) is 12.2 Å². The van der Waals surface area contributed by atoms with Gasteiger partial charge in [-0.15, -0.1) is 0 Å². The first kappa shape index (κ1) is 8.02. The standard InChI is InChI=1S/C10H8S2/c11-10-6-9(7-12-10)8-4-2-1-3-5-8/h1-5,7H,6H2. The molecule has 0 saturated carbocycles. The van der Waals surface area contributed by atoms with Crippen LogP contribution in [0.1, 0.15) is 12.0 Å². The van der Waals surface area contributed by atoms with Crippen molar-refractivity contribution >= 4 is 33.7 Å². The molecular weight excluding hydrogens is 184 g/mol. The summed E-state index contributed by atoms with van der Waals surface area (Å²) in [4.78, 5) is 0. The fourth-order valence-corrected chi connectivity index (χ4v) is 2.23. The van der Waals surface area contributed by atoms with Crippen molar-refractivity contribution in [1.82, 2.24) is 0 Å². The average molecular weight is 192 g/mol. The SMILES string of the molecule is S=C1CC(c2ccccc2)=CS1. The van der Waals surface area contributed by atoms with Gasteiger partial charge < -0.3 is 0 Å². The van der Waals surface area contributed by atoms with Gasteiger partial charge in [0.05, 0.1) is 4.20 Å². The highest BCUT2D eigenvalue weighted by Crippen LogP contribution is 2.32. The Morgan fingerprint density at radius 2 is 1.92 bits per heavy atom. The molecule has 0 atom stereocenters. The molecule has 1 heterocycles. The molecule has 0 unspecified atom stereocenters. The molecule has 0 nitrogen and oxygen atoms in total. The third-order valence-electron chi connectivity index (χ3n) is 1.81. The monoisotopic (exact) mass is 192 g/mol. The maximum Gasteiger partial charge on any atom is 0.0565 e. The highest BCUT2D eigenvalue weighted by molar-refractivity contribution is 8.25. The Hall–Kier alpha value is -0.600. The van der Waals surface area contributed by atoms with Crippen LogP contribution in [0, 0.1) is 0 Å². The first-order valence-electron chi connectivity index (χ1n) is 3.80. The molecule has 0 aliphatic carbocycles. The molecule has 1 aliphatic heterocycles. The van der Waals surface area contributed by atoms with Gasteiger partial charge in [-0.25, -0.2) is 0 Å². The Balaban J connectivity index is 2.28. The van der Waals surface area contributed by atoms with E-state index in [-0.39, 0.29) is 0 Å². The summed E-state index contributed by atoms with van der Waals surface area (Å²) in [6, 6.07) is 10.4. The predicted molar refractivity (Wildman–Crippen MR) is 59.2 cm³/mol. The second-order valence-corrected chi connectivity index (χ2v) is 4.39. The van der Waals surface area contributed by atoms with E-state index in [9.17, 15) is 0 Å². The minimum Gasteiger partial charge on any atom is -0.0901 e. The van der Waals surface area contributed by atoms with Crippen LogP contribution in [0.5, 0.6) is 0 Å². The molecule has 0 spiro atoms. The zero-order chi connectivity index (χ0) is 8.39. The topological polar surface area (TPSA) is 0 Å². The van der Waals surface area contributed by atoms with Gasteiger partial charge >= 0.3 is 0 Å². The van der Waals surface area contributed by atoms with Gasteiger partial charge in [-0.05, 0) is 16.5 Å². The molecule has 12 heavy (non-hydrogen) atoms. The van der Waals surface area contributed by atoms with Crippen LogP contribution in [-0.4, -0.2) is 4.20 Å².